The zero-order valence-electron chi connectivity index (χ0n) is 10.5. The molecule has 0 unspecified atom stereocenters. The summed E-state index contributed by atoms with van der Waals surface area (Å²) in [6.07, 6.45) is 2.24. The topological polar surface area (TPSA) is 4.93 Å². The molecule has 1 heteroatoms. The minimum absolute atomic E-state index is 0.974. The van der Waals surface area contributed by atoms with Gasteiger partial charge in [0, 0.05) is 18.4 Å². The Kier molecular flexibility index (Phi) is 2.86. The highest BCUT2D eigenvalue weighted by Gasteiger charge is 2.05. The molecule has 0 fully saturated rings. The van der Waals surface area contributed by atoms with Gasteiger partial charge in [-0.3, -0.25) is 0 Å². The number of benzene rings is 1. The van der Waals surface area contributed by atoms with Gasteiger partial charge in [0.2, 0.25) is 0 Å². The van der Waals surface area contributed by atoms with Crippen LogP contribution in [0.1, 0.15) is 27.9 Å². The fraction of sp³-hybridized carbons (Fsp3) is 0.333. The Morgan fingerprint density at radius 1 is 1.06 bits per heavy atom. The van der Waals surface area contributed by atoms with Gasteiger partial charge >= 0.3 is 0 Å². The maximum Gasteiger partial charge on any atom is 0.0473 e. The number of nitrogens with zero attached hydrogens (tertiary/aromatic N) is 1. The second kappa shape index (κ2) is 4.17. The van der Waals surface area contributed by atoms with Crippen molar-refractivity contribution in [1.29, 1.82) is 0 Å². The van der Waals surface area contributed by atoms with Crippen LogP contribution in [0.2, 0.25) is 0 Å². The van der Waals surface area contributed by atoms with Gasteiger partial charge in [0.25, 0.3) is 0 Å². The molecule has 0 N–H and O–H groups in total. The van der Waals surface area contributed by atoms with E-state index in [-0.39, 0.29) is 0 Å². The molecule has 0 amide bonds. The van der Waals surface area contributed by atoms with Gasteiger partial charge in [-0.05, 0) is 44.4 Å². The van der Waals surface area contributed by atoms with E-state index in [0.29, 0.717) is 0 Å². The monoisotopic (exact) mass is 213 g/mol. The molecule has 16 heavy (non-hydrogen) atoms. The lowest BCUT2D eigenvalue weighted by molar-refractivity contribution is 0.772. The molecule has 0 spiro atoms. The van der Waals surface area contributed by atoms with Crippen molar-refractivity contribution in [2.45, 2.75) is 34.2 Å². The molecule has 2 aromatic rings. The molecule has 0 radical (unpaired) electrons. The van der Waals surface area contributed by atoms with E-state index in [0.717, 1.165) is 6.54 Å². The van der Waals surface area contributed by atoms with Gasteiger partial charge in [-0.1, -0.05) is 29.8 Å². The molecule has 0 aliphatic carbocycles. The molecule has 0 aliphatic rings. The normalized spacial score (nSPS) is 10.8. The van der Waals surface area contributed by atoms with Gasteiger partial charge in [0.1, 0.15) is 0 Å². The molecular weight excluding hydrogens is 194 g/mol. The number of rotatable bonds is 2. The van der Waals surface area contributed by atoms with Crippen LogP contribution in [-0.2, 0) is 6.54 Å². The van der Waals surface area contributed by atoms with Crippen LogP contribution in [0.15, 0.2) is 30.5 Å². The molecular formula is C15H19N. The molecule has 1 aromatic carbocycles. The smallest absolute Gasteiger partial charge is 0.0473 e. The van der Waals surface area contributed by atoms with Gasteiger partial charge in [0.15, 0.2) is 0 Å². The van der Waals surface area contributed by atoms with Crippen LogP contribution in [0.3, 0.4) is 0 Å². The minimum atomic E-state index is 0.974. The third-order valence-electron chi connectivity index (χ3n) is 3.35. The lowest BCUT2D eigenvalue weighted by atomic mass is 10.1. The molecule has 1 nitrogen and oxygen atoms in total. The largest absolute Gasteiger partial charge is 0.347 e. The Morgan fingerprint density at radius 2 is 1.81 bits per heavy atom. The van der Waals surface area contributed by atoms with Crippen LogP contribution in [-0.4, -0.2) is 4.57 Å². The number of aromatic nitrogens is 1. The molecule has 2 rings (SSSR count). The summed E-state index contributed by atoms with van der Waals surface area (Å²) in [5.74, 6) is 0. The van der Waals surface area contributed by atoms with Crippen molar-refractivity contribution in [2.24, 2.45) is 0 Å². The molecule has 0 aliphatic heterocycles. The Morgan fingerprint density at radius 3 is 2.38 bits per heavy atom. The summed E-state index contributed by atoms with van der Waals surface area (Å²) in [4.78, 5) is 0. The molecule has 1 heterocycles. The first-order valence-corrected chi connectivity index (χ1v) is 5.76. The van der Waals surface area contributed by atoms with E-state index < -0.39 is 0 Å². The Hall–Kier alpha value is -1.50. The molecule has 0 saturated carbocycles. The van der Waals surface area contributed by atoms with Crippen molar-refractivity contribution >= 4 is 0 Å². The average Bonchev–Trinajstić information content (AvgIpc) is 2.47. The summed E-state index contributed by atoms with van der Waals surface area (Å²) >= 11 is 0. The van der Waals surface area contributed by atoms with E-state index in [2.05, 4.69) is 62.7 Å². The Balaban J connectivity index is 2.30. The molecule has 0 bridgehead atoms. The highest BCUT2D eigenvalue weighted by molar-refractivity contribution is 5.30. The first-order chi connectivity index (χ1) is 7.58. The Labute approximate surface area is 97.7 Å². The third-order valence-corrected chi connectivity index (χ3v) is 3.35. The fourth-order valence-corrected chi connectivity index (χ4v) is 2.10. The summed E-state index contributed by atoms with van der Waals surface area (Å²) in [5, 5.41) is 0. The maximum atomic E-state index is 2.33. The van der Waals surface area contributed by atoms with E-state index in [9.17, 15) is 0 Å². The van der Waals surface area contributed by atoms with E-state index >= 15 is 0 Å². The van der Waals surface area contributed by atoms with Crippen LogP contribution in [0.4, 0.5) is 0 Å². The third kappa shape index (κ3) is 2.04. The zero-order chi connectivity index (χ0) is 11.7. The van der Waals surface area contributed by atoms with Crippen LogP contribution in [0.5, 0.6) is 0 Å². The first kappa shape index (κ1) is 11.0. The average molecular weight is 213 g/mol. The van der Waals surface area contributed by atoms with E-state index in [1.54, 1.807) is 0 Å². The van der Waals surface area contributed by atoms with Crippen LogP contribution >= 0.6 is 0 Å². The molecule has 0 saturated heterocycles. The van der Waals surface area contributed by atoms with Crippen molar-refractivity contribution in [3.63, 3.8) is 0 Å². The van der Waals surface area contributed by atoms with Crippen molar-refractivity contribution in [1.82, 2.24) is 4.57 Å². The summed E-state index contributed by atoms with van der Waals surface area (Å²) in [7, 11) is 0. The second-order valence-corrected chi connectivity index (χ2v) is 4.64. The second-order valence-electron chi connectivity index (χ2n) is 4.64. The SMILES string of the molecule is Cc1cccc(Cn2cc(C)c(C)c2C)c1. The first-order valence-electron chi connectivity index (χ1n) is 5.76. The zero-order valence-corrected chi connectivity index (χ0v) is 10.5. The summed E-state index contributed by atoms with van der Waals surface area (Å²) < 4.78 is 2.33. The van der Waals surface area contributed by atoms with Crippen LogP contribution in [0, 0.1) is 27.7 Å². The van der Waals surface area contributed by atoms with Crippen LogP contribution in [0.25, 0.3) is 0 Å². The molecule has 0 atom stereocenters. The van der Waals surface area contributed by atoms with Crippen molar-refractivity contribution in [2.75, 3.05) is 0 Å². The quantitative estimate of drug-likeness (QED) is 0.715. The van der Waals surface area contributed by atoms with Gasteiger partial charge in [-0.15, -0.1) is 0 Å². The van der Waals surface area contributed by atoms with Crippen LogP contribution < -0.4 is 0 Å². The standard InChI is InChI=1S/C15H19N/c1-11-6-5-7-15(8-11)10-16-9-12(2)13(3)14(16)4/h5-9H,10H2,1-4H3. The summed E-state index contributed by atoms with van der Waals surface area (Å²) in [5.41, 5.74) is 6.87. The lowest BCUT2D eigenvalue weighted by Gasteiger charge is -2.07. The van der Waals surface area contributed by atoms with Gasteiger partial charge < -0.3 is 4.57 Å². The van der Waals surface area contributed by atoms with Gasteiger partial charge in [-0.2, -0.15) is 0 Å². The highest BCUT2D eigenvalue weighted by Crippen LogP contribution is 2.16. The van der Waals surface area contributed by atoms with E-state index in [1.807, 2.05) is 0 Å². The predicted octanol–water partition coefficient (Wildman–Crippen LogP) is 3.77. The Bertz CT molecular complexity index is 506. The maximum absolute atomic E-state index is 2.33. The number of hydrogen-bond donors (Lipinski definition) is 0. The van der Waals surface area contributed by atoms with E-state index in [1.165, 1.54) is 27.9 Å². The number of aryl methyl sites for hydroxylation is 2. The van der Waals surface area contributed by atoms with Crippen molar-refractivity contribution in [3.8, 4) is 0 Å². The van der Waals surface area contributed by atoms with E-state index in [4.69, 9.17) is 0 Å². The summed E-state index contributed by atoms with van der Waals surface area (Å²) in [6, 6.07) is 8.72. The molecule has 1 aromatic heterocycles. The van der Waals surface area contributed by atoms with Crippen molar-refractivity contribution in [3.05, 3.63) is 58.4 Å². The fourth-order valence-electron chi connectivity index (χ4n) is 2.10. The predicted molar refractivity (Wildman–Crippen MR) is 68.9 cm³/mol. The number of hydrogen-bond acceptors (Lipinski definition) is 0. The van der Waals surface area contributed by atoms with Gasteiger partial charge in [-0.25, -0.2) is 0 Å². The molecule has 84 valence electrons. The van der Waals surface area contributed by atoms with Gasteiger partial charge in [0.05, 0.1) is 0 Å². The highest BCUT2D eigenvalue weighted by atomic mass is 15.0. The lowest BCUT2D eigenvalue weighted by Crippen LogP contribution is -2.00. The van der Waals surface area contributed by atoms with Crippen molar-refractivity contribution < 1.29 is 0 Å². The summed E-state index contributed by atoms with van der Waals surface area (Å²) in [6.45, 7) is 9.68. The minimum Gasteiger partial charge on any atom is -0.347 e.